The van der Waals surface area contributed by atoms with E-state index in [0.29, 0.717) is 0 Å². The molecule has 24 heavy (non-hydrogen) atoms. The van der Waals surface area contributed by atoms with E-state index in [2.05, 4.69) is 35.3 Å². The van der Waals surface area contributed by atoms with Crippen molar-refractivity contribution in [1.82, 2.24) is 4.98 Å². The Morgan fingerprint density at radius 1 is 0.708 bits per heavy atom. The van der Waals surface area contributed by atoms with Gasteiger partial charge in [0.15, 0.2) is 0 Å². The molecule has 1 aromatic heterocycles. The Bertz CT molecular complexity index is 728. The Balaban J connectivity index is 1.68. The summed E-state index contributed by atoms with van der Waals surface area (Å²) in [6, 6.07) is 20.5. The first-order valence-corrected chi connectivity index (χ1v) is 7.96. The molecule has 0 amide bonds. The zero-order chi connectivity index (χ0) is 16.8. The van der Waals surface area contributed by atoms with Gasteiger partial charge in [-0.15, -0.1) is 0 Å². The normalized spacial score (nSPS) is 10.4. The van der Waals surface area contributed by atoms with Crippen molar-refractivity contribution in [3.8, 4) is 11.5 Å². The number of hydrogen-bond acceptors (Lipinski definition) is 3. The lowest BCUT2D eigenvalue weighted by Gasteiger charge is -2.07. The van der Waals surface area contributed by atoms with Crippen LogP contribution in [0.3, 0.4) is 0 Å². The summed E-state index contributed by atoms with van der Waals surface area (Å²) in [5.41, 5.74) is 4.66. The predicted octanol–water partition coefficient (Wildman–Crippen LogP) is 4.28. The molecule has 0 aliphatic heterocycles. The summed E-state index contributed by atoms with van der Waals surface area (Å²) in [7, 11) is 3.37. The summed E-state index contributed by atoms with van der Waals surface area (Å²) >= 11 is 0. The highest BCUT2D eigenvalue weighted by Crippen LogP contribution is 2.18. The second kappa shape index (κ2) is 7.64. The average Bonchev–Trinajstić information content (AvgIpc) is 2.64. The van der Waals surface area contributed by atoms with Crippen LogP contribution in [0, 0.1) is 0 Å². The number of hydrogen-bond donors (Lipinski definition) is 0. The minimum atomic E-state index is 0.802. The van der Waals surface area contributed by atoms with Gasteiger partial charge in [0.05, 0.1) is 14.2 Å². The number of aromatic nitrogens is 1. The van der Waals surface area contributed by atoms with Gasteiger partial charge in [-0.3, -0.25) is 4.98 Å². The van der Waals surface area contributed by atoms with Crippen LogP contribution in [0.25, 0.3) is 0 Å². The fourth-order valence-electron chi connectivity index (χ4n) is 2.67. The van der Waals surface area contributed by atoms with Gasteiger partial charge in [-0.25, -0.2) is 0 Å². The summed E-state index contributed by atoms with van der Waals surface area (Å²) in [6.45, 7) is 0. The van der Waals surface area contributed by atoms with Gasteiger partial charge in [0.25, 0.3) is 0 Å². The predicted molar refractivity (Wildman–Crippen MR) is 95.8 cm³/mol. The molecule has 3 nitrogen and oxygen atoms in total. The highest BCUT2D eigenvalue weighted by Gasteiger charge is 2.02. The Hall–Kier alpha value is -2.81. The van der Waals surface area contributed by atoms with Crippen LogP contribution in [0.15, 0.2) is 66.9 Å². The van der Waals surface area contributed by atoms with E-state index in [1.54, 1.807) is 14.2 Å². The quantitative estimate of drug-likeness (QED) is 0.679. The standard InChI is InChI=1S/C21H21NO2/c1-23-20-7-3-5-16(13-20)11-18-9-10-19(22-15-18)12-17-6-4-8-21(14-17)24-2/h3-10,13-15H,11-12H2,1-2H3. The van der Waals surface area contributed by atoms with Gasteiger partial charge in [-0.05, 0) is 53.4 Å². The molecule has 0 fully saturated rings. The molecule has 0 unspecified atom stereocenters. The molecule has 0 bridgehead atoms. The molecule has 0 N–H and O–H groups in total. The molecule has 3 aromatic rings. The number of ether oxygens (including phenoxy) is 2. The number of benzene rings is 2. The molecule has 0 aliphatic rings. The maximum absolute atomic E-state index is 5.27. The van der Waals surface area contributed by atoms with Crippen molar-refractivity contribution in [2.24, 2.45) is 0 Å². The fourth-order valence-corrected chi connectivity index (χ4v) is 2.67. The SMILES string of the molecule is COc1cccc(Cc2ccc(Cc3cccc(OC)c3)nc2)c1. The van der Waals surface area contributed by atoms with Crippen LogP contribution in [-0.4, -0.2) is 19.2 Å². The van der Waals surface area contributed by atoms with E-state index in [1.165, 1.54) is 16.7 Å². The van der Waals surface area contributed by atoms with Crippen LogP contribution < -0.4 is 9.47 Å². The summed E-state index contributed by atoms with van der Waals surface area (Å²) < 4.78 is 10.5. The highest BCUT2D eigenvalue weighted by atomic mass is 16.5. The van der Waals surface area contributed by atoms with Gasteiger partial charge in [0, 0.05) is 18.3 Å². The third-order valence-electron chi connectivity index (χ3n) is 3.95. The number of methoxy groups -OCH3 is 2. The van der Waals surface area contributed by atoms with Crippen molar-refractivity contribution < 1.29 is 9.47 Å². The second-order valence-electron chi connectivity index (χ2n) is 5.71. The molecule has 0 saturated carbocycles. The van der Waals surface area contributed by atoms with Crippen LogP contribution in [0.2, 0.25) is 0 Å². The number of rotatable bonds is 6. The summed E-state index contributed by atoms with van der Waals surface area (Å²) in [4.78, 5) is 4.60. The third kappa shape index (κ3) is 4.13. The lowest BCUT2D eigenvalue weighted by atomic mass is 10.0. The molecule has 1 heterocycles. The summed E-state index contributed by atoms with van der Waals surface area (Å²) in [5, 5.41) is 0. The van der Waals surface area contributed by atoms with E-state index in [4.69, 9.17) is 9.47 Å². The van der Waals surface area contributed by atoms with Crippen LogP contribution >= 0.6 is 0 Å². The van der Waals surface area contributed by atoms with E-state index in [9.17, 15) is 0 Å². The zero-order valence-corrected chi connectivity index (χ0v) is 14.0. The van der Waals surface area contributed by atoms with Crippen LogP contribution in [-0.2, 0) is 12.8 Å². The minimum absolute atomic E-state index is 0.802. The van der Waals surface area contributed by atoms with E-state index in [1.807, 2.05) is 36.5 Å². The van der Waals surface area contributed by atoms with Crippen LogP contribution in [0.1, 0.15) is 22.4 Å². The van der Waals surface area contributed by atoms with Crippen molar-refractivity contribution in [2.75, 3.05) is 14.2 Å². The van der Waals surface area contributed by atoms with Crippen molar-refractivity contribution in [1.29, 1.82) is 0 Å². The molecule has 0 spiro atoms. The summed E-state index contributed by atoms with van der Waals surface area (Å²) in [5.74, 6) is 1.76. The fraction of sp³-hybridized carbons (Fsp3) is 0.190. The Kier molecular flexibility index (Phi) is 5.12. The first kappa shape index (κ1) is 16.1. The highest BCUT2D eigenvalue weighted by molar-refractivity contribution is 5.34. The van der Waals surface area contributed by atoms with Crippen molar-refractivity contribution in [2.45, 2.75) is 12.8 Å². The van der Waals surface area contributed by atoms with Crippen molar-refractivity contribution >= 4 is 0 Å². The van der Waals surface area contributed by atoms with E-state index in [0.717, 1.165) is 30.0 Å². The topological polar surface area (TPSA) is 31.4 Å². The first-order chi connectivity index (χ1) is 11.8. The van der Waals surface area contributed by atoms with Crippen LogP contribution in [0.5, 0.6) is 11.5 Å². The number of pyridine rings is 1. The lowest BCUT2D eigenvalue weighted by Crippen LogP contribution is -1.96. The third-order valence-corrected chi connectivity index (χ3v) is 3.95. The summed E-state index contributed by atoms with van der Waals surface area (Å²) in [6.07, 6.45) is 3.61. The molecule has 0 radical (unpaired) electrons. The Labute approximate surface area is 142 Å². The lowest BCUT2D eigenvalue weighted by molar-refractivity contribution is 0.414. The molecule has 2 aromatic carbocycles. The molecule has 3 heteroatoms. The zero-order valence-electron chi connectivity index (χ0n) is 14.0. The molecular weight excluding hydrogens is 298 g/mol. The van der Waals surface area contributed by atoms with Crippen molar-refractivity contribution in [3.05, 3.63) is 89.2 Å². The van der Waals surface area contributed by atoms with Gasteiger partial charge in [-0.1, -0.05) is 30.3 Å². The van der Waals surface area contributed by atoms with Gasteiger partial charge < -0.3 is 9.47 Å². The van der Waals surface area contributed by atoms with Gasteiger partial charge in [-0.2, -0.15) is 0 Å². The monoisotopic (exact) mass is 319 g/mol. The molecule has 0 aliphatic carbocycles. The maximum Gasteiger partial charge on any atom is 0.119 e. The maximum atomic E-state index is 5.27. The average molecular weight is 319 g/mol. The smallest absolute Gasteiger partial charge is 0.119 e. The van der Waals surface area contributed by atoms with Crippen molar-refractivity contribution in [3.63, 3.8) is 0 Å². The number of nitrogens with zero attached hydrogens (tertiary/aromatic N) is 1. The van der Waals surface area contributed by atoms with Gasteiger partial charge in [0.2, 0.25) is 0 Å². The molecular formula is C21H21NO2. The Morgan fingerprint density at radius 3 is 1.88 bits per heavy atom. The first-order valence-electron chi connectivity index (χ1n) is 7.96. The van der Waals surface area contributed by atoms with Crippen LogP contribution in [0.4, 0.5) is 0 Å². The molecule has 122 valence electrons. The van der Waals surface area contributed by atoms with Gasteiger partial charge in [0.1, 0.15) is 11.5 Å². The van der Waals surface area contributed by atoms with E-state index >= 15 is 0 Å². The molecule has 0 atom stereocenters. The second-order valence-corrected chi connectivity index (χ2v) is 5.71. The largest absolute Gasteiger partial charge is 0.497 e. The Morgan fingerprint density at radius 2 is 1.33 bits per heavy atom. The molecule has 0 saturated heterocycles. The van der Waals surface area contributed by atoms with E-state index in [-0.39, 0.29) is 0 Å². The molecule has 3 rings (SSSR count). The minimum Gasteiger partial charge on any atom is -0.497 e. The van der Waals surface area contributed by atoms with E-state index < -0.39 is 0 Å². The van der Waals surface area contributed by atoms with Gasteiger partial charge >= 0.3 is 0 Å².